The van der Waals surface area contributed by atoms with E-state index in [-0.39, 0.29) is 5.97 Å². The zero-order chi connectivity index (χ0) is 16.1. The molecule has 3 heteroatoms. The number of hydrogen-bond acceptors (Lipinski definition) is 3. The maximum absolute atomic E-state index is 12.3. The van der Waals surface area contributed by atoms with Gasteiger partial charge in [-0.2, -0.15) is 0 Å². The maximum atomic E-state index is 12.3. The van der Waals surface area contributed by atoms with Crippen LogP contribution in [0.3, 0.4) is 0 Å². The van der Waals surface area contributed by atoms with Crippen LogP contribution in [0.25, 0.3) is 5.57 Å². The average molecular weight is 295 g/mol. The standard InChI is InChI=1S/C19H21NO2/c1-13-9-11-16(12-10-13)22-19(21)15(3)14(2)17-7-5-6-8-18(17)20-4/h5-12,20H,1-4H3/b15-14+. The molecule has 1 N–H and O–H groups in total. The lowest BCUT2D eigenvalue weighted by atomic mass is 10.0. The maximum Gasteiger partial charge on any atom is 0.339 e. The molecule has 0 aliphatic carbocycles. The summed E-state index contributed by atoms with van der Waals surface area (Å²) >= 11 is 0. The van der Waals surface area contributed by atoms with Crippen molar-refractivity contribution >= 4 is 17.2 Å². The lowest BCUT2D eigenvalue weighted by molar-refractivity contribution is -0.130. The molecule has 0 saturated heterocycles. The quantitative estimate of drug-likeness (QED) is 0.515. The van der Waals surface area contributed by atoms with Gasteiger partial charge in [0.25, 0.3) is 0 Å². The monoisotopic (exact) mass is 295 g/mol. The predicted molar refractivity (Wildman–Crippen MR) is 91.1 cm³/mol. The highest BCUT2D eigenvalue weighted by Gasteiger charge is 2.13. The number of hydrogen-bond donors (Lipinski definition) is 1. The van der Waals surface area contributed by atoms with Crippen LogP contribution < -0.4 is 10.1 Å². The summed E-state index contributed by atoms with van der Waals surface area (Å²) in [5.74, 6) is 0.233. The van der Waals surface area contributed by atoms with Crippen LogP contribution in [-0.4, -0.2) is 13.0 Å². The molecule has 0 aliphatic heterocycles. The molecule has 3 nitrogen and oxygen atoms in total. The third-order valence-corrected chi connectivity index (χ3v) is 3.70. The van der Waals surface area contributed by atoms with Gasteiger partial charge in [0.05, 0.1) is 0 Å². The number of allylic oxidation sites excluding steroid dienone is 1. The zero-order valence-electron chi connectivity index (χ0n) is 13.4. The molecular formula is C19H21NO2. The van der Waals surface area contributed by atoms with Gasteiger partial charge in [-0.05, 0) is 44.5 Å². The number of nitrogens with one attached hydrogen (secondary N) is 1. The SMILES string of the molecule is CNc1ccccc1/C(C)=C(\C)C(=O)Oc1ccc(C)cc1. The molecule has 2 aromatic rings. The van der Waals surface area contributed by atoms with Crippen molar-refractivity contribution in [2.45, 2.75) is 20.8 Å². The number of para-hydroxylation sites is 1. The van der Waals surface area contributed by atoms with Gasteiger partial charge >= 0.3 is 5.97 Å². The summed E-state index contributed by atoms with van der Waals surface area (Å²) in [6, 6.07) is 15.3. The van der Waals surface area contributed by atoms with Gasteiger partial charge in [-0.3, -0.25) is 0 Å². The highest BCUT2D eigenvalue weighted by molar-refractivity contribution is 5.99. The normalized spacial score (nSPS) is 11.6. The molecule has 0 aromatic heterocycles. The topological polar surface area (TPSA) is 38.3 Å². The van der Waals surface area contributed by atoms with Crippen LogP contribution in [0.5, 0.6) is 5.75 Å². The summed E-state index contributed by atoms with van der Waals surface area (Å²) in [5, 5.41) is 3.14. The van der Waals surface area contributed by atoms with Gasteiger partial charge in [-0.15, -0.1) is 0 Å². The fourth-order valence-corrected chi connectivity index (χ4v) is 2.17. The Balaban J connectivity index is 2.26. The van der Waals surface area contributed by atoms with E-state index < -0.39 is 0 Å². The first-order valence-electron chi connectivity index (χ1n) is 7.26. The minimum Gasteiger partial charge on any atom is -0.423 e. The lowest BCUT2D eigenvalue weighted by Crippen LogP contribution is -2.11. The van der Waals surface area contributed by atoms with Gasteiger partial charge < -0.3 is 10.1 Å². The number of benzene rings is 2. The Morgan fingerprint density at radius 3 is 2.27 bits per heavy atom. The first kappa shape index (κ1) is 15.8. The summed E-state index contributed by atoms with van der Waals surface area (Å²) in [6.45, 7) is 5.72. The van der Waals surface area contributed by atoms with Gasteiger partial charge in [-0.1, -0.05) is 35.9 Å². The highest BCUT2D eigenvalue weighted by atomic mass is 16.5. The Kier molecular flexibility index (Phi) is 4.99. The predicted octanol–water partition coefficient (Wildman–Crippen LogP) is 4.44. The Morgan fingerprint density at radius 1 is 1.00 bits per heavy atom. The third-order valence-electron chi connectivity index (χ3n) is 3.70. The van der Waals surface area contributed by atoms with E-state index in [0.29, 0.717) is 11.3 Å². The molecule has 0 radical (unpaired) electrons. The van der Waals surface area contributed by atoms with E-state index in [2.05, 4.69) is 5.32 Å². The highest BCUT2D eigenvalue weighted by Crippen LogP contribution is 2.26. The number of carbonyl (C=O) groups excluding carboxylic acids is 1. The van der Waals surface area contributed by atoms with Crippen LogP contribution in [0.15, 0.2) is 54.1 Å². The first-order chi connectivity index (χ1) is 10.5. The molecule has 2 rings (SSSR count). The van der Waals surface area contributed by atoms with E-state index in [9.17, 15) is 4.79 Å². The fourth-order valence-electron chi connectivity index (χ4n) is 2.17. The second kappa shape index (κ2) is 6.94. The van der Waals surface area contributed by atoms with Crippen molar-refractivity contribution in [1.82, 2.24) is 0 Å². The van der Waals surface area contributed by atoms with Crippen molar-refractivity contribution in [3.05, 3.63) is 65.2 Å². The van der Waals surface area contributed by atoms with Gasteiger partial charge in [0.15, 0.2) is 0 Å². The Labute approximate surface area is 131 Å². The molecule has 0 amide bonds. The Bertz CT molecular complexity index is 700. The number of ether oxygens (including phenoxy) is 1. The van der Waals surface area contributed by atoms with Crippen molar-refractivity contribution in [3.8, 4) is 5.75 Å². The van der Waals surface area contributed by atoms with Crippen LogP contribution in [0.4, 0.5) is 5.69 Å². The molecule has 0 saturated carbocycles. The van der Waals surface area contributed by atoms with E-state index >= 15 is 0 Å². The number of rotatable bonds is 4. The number of aryl methyl sites for hydroxylation is 1. The molecule has 0 fully saturated rings. The van der Waals surface area contributed by atoms with E-state index in [1.54, 1.807) is 19.1 Å². The zero-order valence-corrected chi connectivity index (χ0v) is 13.4. The Morgan fingerprint density at radius 2 is 1.64 bits per heavy atom. The van der Waals surface area contributed by atoms with Crippen LogP contribution in [0.1, 0.15) is 25.0 Å². The molecular weight excluding hydrogens is 274 g/mol. The van der Waals surface area contributed by atoms with Crippen molar-refractivity contribution in [1.29, 1.82) is 0 Å². The van der Waals surface area contributed by atoms with E-state index in [0.717, 1.165) is 22.4 Å². The smallest absolute Gasteiger partial charge is 0.339 e. The summed E-state index contributed by atoms with van der Waals surface area (Å²) < 4.78 is 5.43. The Hall–Kier alpha value is -2.55. The third kappa shape index (κ3) is 3.55. The van der Waals surface area contributed by atoms with Gasteiger partial charge in [0.1, 0.15) is 5.75 Å². The summed E-state index contributed by atoms with van der Waals surface area (Å²) in [6.07, 6.45) is 0. The fraction of sp³-hybridized carbons (Fsp3) is 0.211. The van der Waals surface area contributed by atoms with Gasteiger partial charge in [-0.25, -0.2) is 4.79 Å². The molecule has 0 spiro atoms. The molecule has 0 bridgehead atoms. The molecule has 0 unspecified atom stereocenters. The van der Waals surface area contributed by atoms with Gasteiger partial charge in [0, 0.05) is 23.9 Å². The molecule has 114 valence electrons. The van der Waals surface area contributed by atoms with E-state index in [1.807, 2.05) is 57.3 Å². The molecule has 0 heterocycles. The second-order valence-electron chi connectivity index (χ2n) is 5.25. The minimum absolute atomic E-state index is 0.327. The summed E-state index contributed by atoms with van der Waals surface area (Å²) in [5.41, 5.74) is 4.63. The van der Waals surface area contributed by atoms with Crippen molar-refractivity contribution < 1.29 is 9.53 Å². The van der Waals surface area contributed by atoms with Crippen LogP contribution in [0.2, 0.25) is 0 Å². The molecule has 22 heavy (non-hydrogen) atoms. The molecule has 0 aliphatic rings. The van der Waals surface area contributed by atoms with Crippen LogP contribution in [0, 0.1) is 6.92 Å². The minimum atomic E-state index is -0.327. The van der Waals surface area contributed by atoms with Gasteiger partial charge in [0.2, 0.25) is 0 Å². The average Bonchev–Trinajstić information content (AvgIpc) is 2.55. The number of esters is 1. The van der Waals surface area contributed by atoms with Crippen LogP contribution >= 0.6 is 0 Å². The second-order valence-corrected chi connectivity index (χ2v) is 5.25. The summed E-state index contributed by atoms with van der Waals surface area (Å²) in [4.78, 5) is 12.3. The van der Waals surface area contributed by atoms with Crippen molar-refractivity contribution in [3.63, 3.8) is 0 Å². The van der Waals surface area contributed by atoms with Crippen LogP contribution in [-0.2, 0) is 4.79 Å². The summed E-state index contributed by atoms with van der Waals surface area (Å²) in [7, 11) is 1.87. The lowest BCUT2D eigenvalue weighted by Gasteiger charge is -2.12. The van der Waals surface area contributed by atoms with Crippen molar-refractivity contribution in [2.75, 3.05) is 12.4 Å². The van der Waals surface area contributed by atoms with E-state index in [1.165, 1.54) is 0 Å². The van der Waals surface area contributed by atoms with Crippen molar-refractivity contribution in [2.24, 2.45) is 0 Å². The molecule has 2 aromatic carbocycles. The number of anilines is 1. The molecule has 0 atom stereocenters. The van der Waals surface area contributed by atoms with E-state index in [4.69, 9.17) is 4.74 Å². The first-order valence-corrected chi connectivity index (χ1v) is 7.26. The largest absolute Gasteiger partial charge is 0.423 e. The number of carbonyl (C=O) groups is 1.